The summed E-state index contributed by atoms with van der Waals surface area (Å²) >= 11 is 1.91. The first-order valence-corrected chi connectivity index (χ1v) is 19.8. The predicted molar refractivity (Wildman–Crippen MR) is 233 cm³/mol. The third-order valence-corrected chi connectivity index (χ3v) is 13.6. The van der Waals surface area contributed by atoms with Gasteiger partial charge in [-0.15, -0.1) is 11.3 Å². The van der Waals surface area contributed by atoms with Crippen molar-refractivity contribution in [3.63, 3.8) is 0 Å². The summed E-state index contributed by atoms with van der Waals surface area (Å²) < 4.78 is 2.71. The van der Waals surface area contributed by atoms with Crippen LogP contribution in [-0.4, -0.2) is 0 Å². The highest BCUT2D eigenvalue weighted by Gasteiger charge is 2.40. The summed E-state index contributed by atoms with van der Waals surface area (Å²) in [5.74, 6) is 0. The van der Waals surface area contributed by atoms with E-state index in [1.165, 1.54) is 120 Å². The Morgan fingerprint density at radius 2 is 0.926 bits per heavy atom. The molecule has 1 aromatic heterocycles. The van der Waals surface area contributed by atoms with Gasteiger partial charge in [-0.1, -0.05) is 166 Å². The summed E-state index contributed by atoms with van der Waals surface area (Å²) in [5, 5.41) is 8.01. The molecule has 0 fully saturated rings. The van der Waals surface area contributed by atoms with Crippen molar-refractivity contribution < 1.29 is 0 Å². The minimum Gasteiger partial charge on any atom is -0.135 e. The third-order valence-electron chi connectivity index (χ3n) is 12.4. The van der Waals surface area contributed by atoms with E-state index in [1.54, 1.807) is 0 Å². The van der Waals surface area contributed by atoms with E-state index in [0.717, 1.165) is 0 Å². The van der Waals surface area contributed by atoms with Crippen molar-refractivity contribution in [1.29, 1.82) is 0 Å². The van der Waals surface area contributed by atoms with Crippen LogP contribution >= 0.6 is 11.3 Å². The van der Waals surface area contributed by atoms with E-state index in [0.29, 0.717) is 0 Å². The molecular formula is C53H34S. The zero-order valence-corrected chi connectivity index (χ0v) is 30.9. The van der Waals surface area contributed by atoms with Crippen LogP contribution in [0.2, 0.25) is 0 Å². The number of benzene rings is 9. The minimum atomic E-state index is -0.190. The van der Waals surface area contributed by atoms with E-state index in [4.69, 9.17) is 0 Å². The zero-order valence-electron chi connectivity index (χ0n) is 30.1. The van der Waals surface area contributed by atoms with Crippen LogP contribution in [0.15, 0.2) is 170 Å². The molecule has 0 unspecified atom stereocenters. The summed E-state index contributed by atoms with van der Waals surface area (Å²) in [6, 6.07) is 63.7. The third kappa shape index (κ3) is 3.92. The lowest BCUT2D eigenvalue weighted by atomic mass is 9.79. The highest BCUT2D eigenvalue weighted by atomic mass is 32.1. The first kappa shape index (κ1) is 30.2. The maximum absolute atomic E-state index is 2.58. The molecule has 0 saturated heterocycles. The molecular weight excluding hydrogens is 669 g/mol. The lowest BCUT2D eigenvalue weighted by molar-refractivity contribution is 0.661. The summed E-state index contributed by atoms with van der Waals surface area (Å²) in [7, 11) is 0. The maximum Gasteiger partial charge on any atom is 0.0433 e. The number of thiophene rings is 1. The van der Waals surface area contributed by atoms with Gasteiger partial charge in [0.2, 0.25) is 0 Å². The molecule has 12 rings (SSSR count). The van der Waals surface area contributed by atoms with Crippen LogP contribution < -0.4 is 0 Å². The van der Waals surface area contributed by atoms with E-state index in [1.807, 2.05) is 11.3 Å². The van der Waals surface area contributed by atoms with Crippen molar-refractivity contribution in [2.45, 2.75) is 19.3 Å². The molecule has 0 saturated carbocycles. The molecule has 54 heavy (non-hydrogen) atoms. The van der Waals surface area contributed by atoms with Gasteiger partial charge in [-0.25, -0.2) is 0 Å². The average molecular weight is 703 g/mol. The summed E-state index contributed by atoms with van der Waals surface area (Å²) in [4.78, 5) is 0. The fraction of sp³-hybridized carbons (Fsp3) is 0.0566. The van der Waals surface area contributed by atoms with Gasteiger partial charge in [-0.2, -0.15) is 0 Å². The first-order chi connectivity index (χ1) is 26.6. The van der Waals surface area contributed by atoms with Crippen molar-refractivity contribution >= 4 is 53.1 Å². The Kier molecular flexibility index (Phi) is 6.09. The van der Waals surface area contributed by atoms with E-state index in [-0.39, 0.29) is 5.41 Å². The molecule has 0 amide bonds. The van der Waals surface area contributed by atoms with Crippen molar-refractivity contribution in [3.05, 3.63) is 181 Å². The van der Waals surface area contributed by atoms with Crippen molar-refractivity contribution in [1.82, 2.24) is 0 Å². The van der Waals surface area contributed by atoms with Gasteiger partial charge >= 0.3 is 0 Å². The molecule has 2 aliphatic carbocycles. The molecule has 0 radical (unpaired) electrons. The van der Waals surface area contributed by atoms with Gasteiger partial charge in [0, 0.05) is 25.6 Å². The molecule has 10 aromatic rings. The van der Waals surface area contributed by atoms with Gasteiger partial charge in [0.25, 0.3) is 0 Å². The minimum absolute atomic E-state index is 0.190. The molecule has 0 atom stereocenters. The summed E-state index contributed by atoms with van der Waals surface area (Å²) in [5.41, 5.74) is 18.6. The van der Waals surface area contributed by atoms with Crippen LogP contribution in [0, 0.1) is 0 Å². The number of hydrogen-bond acceptors (Lipinski definition) is 1. The molecule has 1 heteroatoms. The van der Waals surface area contributed by atoms with E-state index in [2.05, 4.69) is 184 Å². The number of rotatable bonds is 3. The normalized spacial score (nSPS) is 13.5. The zero-order chi connectivity index (χ0) is 35.7. The van der Waals surface area contributed by atoms with Gasteiger partial charge in [0.15, 0.2) is 0 Å². The standard InChI is InChI=1S/C53H34S/c1-53(2)43-29-33(34-22-13-23-38-35-19-11-12-26-45(35)54-52(34)38)27-28-39(43)49-40-24-14-25-41-48(40)42(30-44(49)53)51-47(32-17-7-4-8-18-32)37-21-10-9-20-36(37)46(50(41)51)31-15-5-3-6-16-31/h3-30H,1-2H3. The number of fused-ring (bicyclic) bond motifs is 11. The second-order valence-electron chi connectivity index (χ2n) is 15.5. The highest BCUT2D eigenvalue weighted by molar-refractivity contribution is 7.26. The van der Waals surface area contributed by atoms with Crippen LogP contribution in [0.1, 0.15) is 25.0 Å². The van der Waals surface area contributed by atoms with Gasteiger partial charge in [0.1, 0.15) is 0 Å². The molecule has 2 aliphatic rings. The molecule has 0 nitrogen and oxygen atoms in total. The Bertz CT molecular complexity index is 3220. The quantitative estimate of drug-likeness (QED) is 0.172. The Balaban J connectivity index is 1.15. The largest absolute Gasteiger partial charge is 0.135 e. The van der Waals surface area contributed by atoms with Crippen LogP contribution in [0.4, 0.5) is 0 Å². The van der Waals surface area contributed by atoms with Crippen LogP contribution in [0.3, 0.4) is 0 Å². The highest BCUT2D eigenvalue weighted by Crippen LogP contribution is 2.62. The molecule has 1 heterocycles. The first-order valence-electron chi connectivity index (χ1n) is 18.9. The Labute approximate surface area is 318 Å². The number of hydrogen-bond donors (Lipinski definition) is 0. The van der Waals surface area contributed by atoms with Crippen molar-refractivity contribution in [2.75, 3.05) is 0 Å². The maximum atomic E-state index is 2.58. The SMILES string of the molecule is CC1(C)c2cc(-c3cccc4c3sc3ccccc34)ccc2-c2c1cc1c3c(cccc23)-c2c-1c(-c1ccccc1)c1ccccc1c2-c1ccccc1. The van der Waals surface area contributed by atoms with Crippen LogP contribution in [0.5, 0.6) is 0 Å². The predicted octanol–water partition coefficient (Wildman–Crippen LogP) is 15.3. The van der Waals surface area contributed by atoms with Crippen LogP contribution in [0.25, 0.3) is 108 Å². The fourth-order valence-corrected chi connectivity index (χ4v) is 11.3. The monoisotopic (exact) mass is 702 g/mol. The summed E-state index contributed by atoms with van der Waals surface area (Å²) in [6.07, 6.45) is 0. The van der Waals surface area contributed by atoms with Gasteiger partial charge in [-0.05, 0) is 118 Å². The second-order valence-corrected chi connectivity index (χ2v) is 16.6. The molecule has 252 valence electrons. The fourth-order valence-electron chi connectivity index (χ4n) is 10.0. The topological polar surface area (TPSA) is 0 Å². The molecule has 9 aromatic carbocycles. The van der Waals surface area contributed by atoms with E-state index < -0.39 is 0 Å². The lowest BCUT2D eigenvalue weighted by Gasteiger charge is -2.24. The average Bonchev–Trinajstić information content (AvgIpc) is 3.84. The van der Waals surface area contributed by atoms with Gasteiger partial charge < -0.3 is 0 Å². The smallest absolute Gasteiger partial charge is 0.0433 e. The Hall–Kier alpha value is -6.28. The molecule has 0 spiro atoms. The second kappa shape index (κ2) is 10.9. The van der Waals surface area contributed by atoms with Gasteiger partial charge in [0.05, 0.1) is 0 Å². The Morgan fingerprint density at radius 3 is 1.63 bits per heavy atom. The van der Waals surface area contributed by atoms with Gasteiger partial charge in [-0.3, -0.25) is 0 Å². The summed E-state index contributed by atoms with van der Waals surface area (Å²) in [6.45, 7) is 4.88. The van der Waals surface area contributed by atoms with Crippen molar-refractivity contribution in [3.8, 4) is 66.8 Å². The molecule has 0 aliphatic heterocycles. The molecule has 0 bridgehead atoms. The Morgan fingerprint density at radius 1 is 0.352 bits per heavy atom. The van der Waals surface area contributed by atoms with Crippen LogP contribution in [-0.2, 0) is 5.41 Å². The lowest BCUT2D eigenvalue weighted by Crippen LogP contribution is -2.15. The van der Waals surface area contributed by atoms with E-state index >= 15 is 0 Å². The molecule has 0 N–H and O–H groups in total. The van der Waals surface area contributed by atoms with Crippen molar-refractivity contribution in [2.24, 2.45) is 0 Å². The van der Waals surface area contributed by atoms with E-state index in [9.17, 15) is 0 Å².